The van der Waals surface area contributed by atoms with E-state index in [1.165, 1.54) is 54.5 Å². The molecule has 0 aliphatic heterocycles. The standard InChI is InChI=1S/C47H34N2/c1-32(36-18-12-19-37(30-36)33-14-4-2-5-15-33)47(48-39-21-6-3-7-22-39)38-20-13-23-40(31-38)49-43-28-26-34-16-8-10-24-41(34)45(43)46-42-25-11-9-17-35(42)27-29-44(46)49/h2-31,47-48H,1H2. The Bertz CT molecular complexity index is 2560. The van der Waals surface area contributed by atoms with Crippen molar-refractivity contribution in [3.63, 3.8) is 0 Å². The van der Waals surface area contributed by atoms with E-state index in [1.54, 1.807) is 0 Å². The number of hydrogen-bond donors (Lipinski definition) is 1. The molecule has 1 heterocycles. The number of fused-ring (bicyclic) bond motifs is 7. The number of para-hydroxylation sites is 1. The number of benzene rings is 8. The first-order chi connectivity index (χ1) is 24.2. The molecule has 232 valence electrons. The zero-order valence-electron chi connectivity index (χ0n) is 27.1. The maximum absolute atomic E-state index is 4.72. The molecule has 0 amide bonds. The number of nitrogens with one attached hydrogen (secondary N) is 1. The Kier molecular flexibility index (Phi) is 7.06. The first-order valence-corrected chi connectivity index (χ1v) is 16.8. The molecule has 0 saturated heterocycles. The highest BCUT2D eigenvalue weighted by Crippen LogP contribution is 2.41. The van der Waals surface area contributed by atoms with E-state index in [2.05, 4.69) is 192 Å². The molecule has 0 aliphatic rings. The van der Waals surface area contributed by atoms with Crippen molar-refractivity contribution in [2.75, 3.05) is 5.32 Å². The van der Waals surface area contributed by atoms with Crippen LogP contribution in [-0.2, 0) is 0 Å². The van der Waals surface area contributed by atoms with E-state index in [9.17, 15) is 0 Å². The predicted octanol–water partition coefficient (Wildman–Crippen LogP) is 12.6. The van der Waals surface area contributed by atoms with Crippen LogP contribution in [0.4, 0.5) is 5.69 Å². The van der Waals surface area contributed by atoms with E-state index < -0.39 is 0 Å². The lowest BCUT2D eigenvalue weighted by atomic mass is 9.91. The summed E-state index contributed by atoms with van der Waals surface area (Å²) >= 11 is 0. The van der Waals surface area contributed by atoms with Crippen molar-refractivity contribution in [3.05, 3.63) is 200 Å². The average molecular weight is 627 g/mol. The van der Waals surface area contributed by atoms with Gasteiger partial charge in [0.2, 0.25) is 0 Å². The van der Waals surface area contributed by atoms with Crippen molar-refractivity contribution < 1.29 is 0 Å². The number of rotatable bonds is 7. The lowest BCUT2D eigenvalue weighted by Gasteiger charge is -2.24. The molecule has 2 nitrogen and oxygen atoms in total. The summed E-state index contributed by atoms with van der Waals surface area (Å²) in [6.07, 6.45) is 0. The van der Waals surface area contributed by atoms with Gasteiger partial charge in [0, 0.05) is 22.1 Å². The molecule has 2 heteroatoms. The Labute approximate surface area is 286 Å². The van der Waals surface area contributed by atoms with Gasteiger partial charge in [0.1, 0.15) is 0 Å². The van der Waals surface area contributed by atoms with Gasteiger partial charge < -0.3 is 9.88 Å². The fourth-order valence-corrected chi connectivity index (χ4v) is 7.44. The smallest absolute Gasteiger partial charge is 0.0768 e. The van der Waals surface area contributed by atoms with Crippen LogP contribution in [-0.4, -0.2) is 4.57 Å². The van der Waals surface area contributed by atoms with Gasteiger partial charge in [0.05, 0.1) is 17.1 Å². The van der Waals surface area contributed by atoms with Crippen LogP contribution in [0.15, 0.2) is 189 Å². The van der Waals surface area contributed by atoms with Crippen LogP contribution < -0.4 is 5.32 Å². The minimum Gasteiger partial charge on any atom is -0.374 e. The molecule has 0 fully saturated rings. The van der Waals surface area contributed by atoms with Crippen LogP contribution in [0, 0.1) is 0 Å². The van der Waals surface area contributed by atoms with Crippen LogP contribution in [0.5, 0.6) is 0 Å². The first kappa shape index (κ1) is 28.8. The summed E-state index contributed by atoms with van der Waals surface area (Å²) in [6, 6.07) is 65.0. The highest BCUT2D eigenvalue weighted by atomic mass is 15.0. The van der Waals surface area contributed by atoms with E-state index in [1.807, 2.05) is 0 Å². The maximum Gasteiger partial charge on any atom is 0.0768 e. The maximum atomic E-state index is 4.72. The molecule has 9 aromatic rings. The number of nitrogens with zero attached hydrogens (tertiary/aromatic N) is 1. The van der Waals surface area contributed by atoms with Gasteiger partial charge in [-0.3, -0.25) is 0 Å². The van der Waals surface area contributed by atoms with Gasteiger partial charge in [-0.2, -0.15) is 0 Å². The fourth-order valence-electron chi connectivity index (χ4n) is 7.44. The molecule has 8 aromatic carbocycles. The Hall–Kier alpha value is -6.38. The Morgan fingerprint density at radius 1 is 0.490 bits per heavy atom. The van der Waals surface area contributed by atoms with Crippen molar-refractivity contribution >= 4 is 54.6 Å². The second-order valence-electron chi connectivity index (χ2n) is 12.7. The normalized spacial score (nSPS) is 12.1. The SMILES string of the molecule is C=C(c1cccc(-c2ccccc2)c1)C(Nc1ccccc1)c1cccc(-n2c3ccc4ccccc4c3c3c4ccccc4ccc32)c1. The quantitative estimate of drug-likeness (QED) is 0.186. The monoisotopic (exact) mass is 626 g/mol. The summed E-state index contributed by atoms with van der Waals surface area (Å²) in [6.45, 7) is 4.72. The predicted molar refractivity (Wildman–Crippen MR) is 210 cm³/mol. The topological polar surface area (TPSA) is 17.0 Å². The summed E-state index contributed by atoms with van der Waals surface area (Å²) in [4.78, 5) is 0. The second kappa shape index (κ2) is 12.0. The van der Waals surface area contributed by atoms with Gasteiger partial charge in [-0.15, -0.1) is 0 Å². The highest BCUT2D eigenvalue weighted by molar-refractivity contribution is 6.28. The molecule has 0 saturated carbocycles. The minimum atomic E-state index is -0.164. The second-order valence-corrected chi connectivity index (χ2v) is 12.7. The van der Waals surface area contributed by atoms with E-state index in [-0.39, 0.29) is 6.04 Å². The molecule has 0 spiro atoms. The first-order valence-electron chi connectivity index (χ1n) is 16.8. The van der Waals surface area contributed by atoms with E-state index >= 15 is 0 Å². The average Bonchev–Trinajstić information content (AvgIpc) is 3.53. The van der Waals surface area contributed by atoms with Gasteiger partial charge in [0.15, 0.2) is 0 Å². The molecular weight excluding hydrogens is 593 g/mol. The molecule has 0 radical (unpaired) electrons. The van der Waals surface area contributed by atoms with Crippen LogP contribution >= 0.6 is 0 Å². The van der Waals surface area contributed by atoms with Crippen molar-refractivity contribution in [3.8, 4) is 16.8 Å². The Morgan fingerprint density at radius 2 is 1.06 bits per heavy atom. The van der Waals surface area contributed by atoms with Crippen molar-refractivity contribution in [1.82, 2.24) is 4.57 Å². The third-order valence-corrected chi connectivity index (χ3v) is 9.78. The van der Waals surface area contributed by atoms with Crippen molar-refractivity contribution in [2.24, 2.45) is 0 Å². The van der Waals surface area contributed by atoms with E-state index in [0.717, 1.165) is 28.1 Å². The zero-order valence-corrected chi connectivity index (χ0v) is 27.1. The lowest BCUT2D eigenvalue weighted by molar-refractivity contribution is 1.00. The van der Waals surface area contributed by atoms with Gasteiger partial charge in [-0.05, 0) is 91.8 Å². The summed E-state index contributed by atoms with van der Waals surface area (Å²) in [5.74, 6) is 0. The van der Waals surface area contributed by atoms with E-state index in [4.69, 9.17) is 6.58 Å². The molecule has 1 atom stereocenters. The van der Waals surface area contributed by atoms with Crippen LogP contribution in [0.2, 0.25) is 0 Å². The largest absolute Gasteiger partial charge is 0.374 e. The summed E-state index contributed by atoms with van der Waals surface area (Å²) in [5.41, 5.74) is 10.2. The molecule has 9 rings (SSSR count). The van der Waals surface area contributed by atoms with Crippen LogP contribution in [0.1, 0.15) is 17.2 Å². The molecule has 1 aromatic heterocycles. The Balaban J connectivity index is 1.24. The third kappa shape index (κ3) is 5.06. The minimum absolute atomic E-state index is 0.164. The van der Waals surface area contributed by atoms with Crippen LogP contribution in [0.25, 0.3) is 65.7 Å². The van der Waals surface area contributed by atoms with E-state index in [0.29, 0.717) is 0 Å². The number of anilines is 1. The highest BCUT2D eigenvalue weighted by Gasteiger charge is 2.21. The molecular formula is C47H34N2. The van der Waals surface area contributed by atoms with Crippen molar-refractivity contribution in [2.45, 2.75) is 6.04 Å². The summed E-state index contributed by atoms with van der Waals surface area (Å²) < 4.78 is 2.44. The Morgan fingerprint density at radius 3 is 1.73 bits per heavy atom. The van der Waals surface area contributed by atoms with Gasteiger partial charge in [-0.1, -0.05) is 146 Å². The van der Waals surface area contributed by atoms with Gasteiger partial charge >= 0.3 is 0 Å². The number of aromatic nitrogens is 1. The molecule has 1 unspecified atom stereocenters. The molecule has 49 heavy (non-hydrogen) atoms. The molecule has 1 N–H and O–H groups in total. The van der Waals surface area contributed by atoms with Gasteiger partial charge in [-0.25, -0.2) is 0 Å². The lowest BCUT2D eigenvalue weighted by Crippen LogP contribution is -2.13. The van der Waals surface area contributed by atoms with Gasteiger partial charge in [0.25, 0.3) is 0 Å². The summed E-state index contributed by atoms with van der Waals surface area (Å²) in [7, 11) is 0. The molecule has 0 aliphatic carbocycles. The fraction of sp³-hybridized carbons (Fsp3) is 0.0213. The number of hydrogen-bond acceptors (Lipinski definition) is 1. The molecule has 0 bridgehead atoms. The van der Waals surface area contributed by atoms with Crippen molar-refractivity contribution in [1.29, 1.82) is 0 Å². The van der Waals surface area contributed by atoms with Crippen LogP contribution in [0.3, 0.4) is 0 Å². The third-order valence-electron chi connectivity index (χ3n) is 9.78. The summed E-state index contributed by atoms with van der Waals surface area (Å²) in [5, 5.41) is 11.5. The zero-order chi connectivity index (χ0) is 32.7.